The fourth-order valence-corrected chi connectivity index (χ4v) is 1.52. The van der Waals surface area contributed by atoms with Crippen LogP contribution in [0, 0.1) is 5.92 Å². The predicted octanol–water partition coefficient (Wildman–Crippen LogP) is 1.63. The molecule has 0 amide bonds. The Kier molecular flexibility index (Phi) is 4.22. The zero-order valence-electron chi connectivity index (χ0n) is 8.25. The van der Waals surface area contributed by atoms with Gasteiger partial charge in [-0.3, -0.25) is 4.79 Å². The Morgan fingerprint density at radius 3 is 2.69 bits per heavy atom. The van der Waals surface area contributed by atoms with Crippen LogP contribution in [0.2, 0.25) is 0 Å². The second-order valence-corrected chi connectivity index (χ2v) is 3.81. The minimum Gasteiger partial charge on any atom is -0.480 e. The van der Waals surface area contributed by atoms with Gasteiger partial charge in [-0.05, 0) is 31.7 Å². The van der Waals surface area contributed by atoms with Crippen LogP contribution in [0.3, 0.4) is 0 Å². The lowest BCUT2D eigenvalue weighted by Gasteiger charge is -2.12. The third kappa shape index (κ3) is 3.77. The Labute approximate surface area is 79.5 Å². The highest BCUT2D eigenvalue weighted by Crippen LogP contribution is 2.32. The molecule has 0 heterocycles. The third-order valence-electron chi connectivity index (χ3n) is 2.50. The Morgan fingerprint density at radius 1 is 1.54 bits per heavy atom. The summed E-state index contributed by atoms with van der Waals surface area (Å²) < 4.78 is 0. The topological polar surface area (TPSA) is 49.3 Å². The molecule has 2 N–H and O–H groups in total. The summed E-state index contributed by atoms with van der Waals surface area (Å²) in [5, 5.41) is 12.0. The summed E-state index contributed by atoms with van der Waals surface area (Å²) in [5.41, 5.74) is 0. The fourth-order valence-electron chi connectivity index (χ4n) is 1.52. The van der Waals surface area contributed by atoms with E-state index in [-0.39, 0.29) is 6.04 Å². The first-order chi connectivity index (χ1) is 6.25. The maximum absolute atomic E-state index is 10.8. The van der Waals surface area contributed by atoms with Crippen molar-refractivity contribution in [3.63, 3.8) is 0 Å². The molecule has 1 rings (SSSR count). The van der Waals surface area contributed by atoms with Crippen molar-refractivity contribution in [2.45, 2.75) is 45.1 Å². The number of carbonyl (C=O) groups is 1. The van der Waals surface area contributed by atoms with Gasteiger partial charge < -0.3 is 10.4 Å². The highest BCUT2D eigenvalue weighted by atomic mass is 16.4. The normalized spacial score (nSPS) is 18.5. The molecule has 0 bridgehead atoms. The average Bonchev–Trinajstić information content (AvgIpc) is 2.87. The van der Waals surface area contributed by atoms with E-state index in [0.717, 1.165) is 25.8 Å². The van der Waals surface area contributed by atoms with Crippen LogP contribution < -0.4 is 5.32 Å². The molecule has 1 atom stereocenters. The molecule has 0 aromatic heterocycles. The fraction of sp³-hybridized carbons (Fsp3) is 0.900. The van der Waals surface area contributed by atoms with Gasteiger partial charge in [0.1, 0.15) is 6.04 Å². The number of rotatable bonds is 7. The van der Waals surface area contributed by atoms with E-state index in [1.165, 1.54) is 12.8 Å². The number of unbranched alkanes of at least 4 members (excludes halogenated alkanes) is 2. The molecule has 1 aliphatic carbocycles. The molecular weight excluding hydrogens is 166 g/mol. The van der Waals surface area contributed by atoms with Crippen molar-refractivity contribution < 1.29 is 9.90 Å². The summed E-state index contributed by atoms with van der Waals surface area (Å²) in [6.45, 7) is 3.00. The molecule has 0 saturated heterocycles. The van der Waals surface area contributed by atoms with E-state index in [2.05, 4.69) is 12.2 Å². The van der Waals surface area contributed by atoms with Gasteiger partial charge in [0.15, 0.2) is 0 Å². The van der Waals surface area contributed by atoms with Crippen LogP contribution in [0.25, 0.3) is 0 Å². The van der Waals surface area contributed by atoms with Crippen molar-refractivity contribution in [3.8, 4) is 0 Å². The third-order valence-corrected chi connectivity index (χ3v) is 2.50. The highest BCUT2D eigenvalue weighted by molar-refractivity contribution is 5.74. The molecule has 1 unspecified atom stereocenters. The van der Waals surface area contributed by atoms with Gasteiger partial charge >= 0.3 is 5.97 Å². The Balaban J connectivity index is 2.11. The standard InChI is InChI=1S/C10H19NO2/c1-2-3-4-7-11-9(10(12)13)8-5-6-8/h8-9,11H,2-7H2,1H3,(H,12,13). The van der Waals surface area contributed by atoms with Gasteiger partial charge in [-0.1, -0.05) is 19.8 Å². The van der Waals surface area contributed by atoms with Gasteiger partial charge in [0.25, 0.3) is 0 Å². The predicted molar refractivity (Wildman–Crippen MR) is 51.7 cm³/mol. The Hall–Kier alpha value is -0.570. The first kappa shape index (κ1) is 10.5. The molecule has 0 radical (unpaired) electrons. The van der Waals surface area contributed by atoms with Crippen LogP contribution in [0.5, 0.6) is 0 Å². The maximum Gasteiger partial charge on any atom is 0.320 e. The van der Waals surface area contributed by atoms with E-state index in [0.29, 0.717) is 5.92 Å². The van der Waals surface area contributed by atoms with E-state index in [9.17, 15) is 4.79 Å². The number of hydrogen-bond acceptors (Lipinski definition) is 2. The summed E-state index contributed by atoms with van der Waals surface area (Å²) >= 11 is 0. The number of carboxylic acid groups (broad SMARTS) is 1. The van der Waals surface area contributed by atoms with Gasteiger partial charge in [-0.15, -0.1) is 0 Å². The number of hydrogen-bond donors (Lipinski definition) is 2. The molecule has 3 heteroatoms. The SMILES string of the molecule is CCCCCNC(C(=O)O)C1CC1. The second-order valence-electron chi connectivity index (χ2n) is 3.81. The lowest BCUT2D eigenvalue weighted by molar-refractivity contribution is -0.140. The van der Waals surface area contributed by atoms with Crippen molar-refractivity contribution in [2.24, 2.45) is 5.92 Å². The van der Waals surface area contributed by atoms with E-state index in [1.54, 1.807) is 0 Å². The van der Waals surface area contributed by atoms with Crippen molar-refractivity contribution in [2.75, 3.05) is 6.54 Å². The van der Waals surface area contributed by atoms with Crippen molar-refractivity contribution >= 4 is 5.97 Å². The van der Waals surface area contributed by atoms with Crippen molar-refractivity contribution in [1.82, 2.24) is 5.32 Å². The zero-order valence-corrected chi connectivity index (χ0v) is 8.25. The number of nitrogens with one attached hydrogen (secondary N) is 1. The largest absolute Gasteiger partial charge is 0.480 e. The second kappa shape index (κ2) is 5.22. The molecule has 13 heavy (non-hydrogen) atoms. The molecule has 1 fully saturated rings. The van der Waals surface area contributed by atoms with Crippen LogP contribution in [-0.2, 0) is 4.79 Å². The monoisotopic (exact) mass is 185 g/mol. The highest BCUT2D eigenvalue weighted by Gasteiger charge is 2.35. The number of carboxylic acids is 1. The van der Waals surface area contributed by atoms with Crippen LogP contribution in [0.4, 0.5) is 0 Å². The molecule has 76 valence electrons. The lowest BCUT2D eigenvalue weighted by atomic mass is 10.2. The van der Waals surface area contributed by atoms with Gasteiger partial charge in [-0.25, -0.2) is 0 Å². The van der Waals surface area contributed by atoms with E-state index < -0.39 is 5.97 Å². The summed E-state index contributed by atoms with van der Waals surface area (Å²) in [6.07, 6.45) is 5.62. The number of aliphatic carboxylic acids is 1. The first-order valence-corrected chi connectivity index (χ1v) is 5.22. The summed E-state index contributed by atoms with van der Waals surface area (Å²) in [4.78, 5) is 10.8. The summed E-state index contributed by atoms with van der Waals surface area (Å²) in [5.74, 6) is -0.280. The molecule has 1 saturated carbocycles. The van der Waals surface area contributed by atoms with Gasteiger partial charge in [-0.2, -0.15) is 0 Å². The maximum atomic E-state index is 10.8. The van der Waals surface area contributed by atoms with E-state index in [4.69, 9.17) is 5.11 Å². The summed E-state index contributed by atoms with van der Waals surface area (Å²) in [6, 6.07) is -0.281. The zero-order chi connectivity index (χ0) is 9.68. The molecule has 0 spiro atoms. The minimum atomic E-state index is -0.681. The molecule has 0 aliphatic heterocycles. The van der Waals surface area contributed by atoms with Gasteiger partial charge in [0, 0.05) is 0 Å². The first-order valence-electron chi connectivity index (χ1n) is 5.22. The Morgan fingerprint density at radius 2 is 2.23 bits per heavy atom. The quantitative estimate of drug-likeness (QED) is 0.593. The smallest absolute Gasteiger partial charge is 0.320 e. The molecule has 1 aliphatic rings. The van der Waals surface area contributed by atoms with E-state index >= 15 is 0 Å². The molecular formula is C10H19NO2. The van der Waals surface area contributed by atoms with E-state index in [1.807, 2.05) is 0 Å². The minimum absolute atomic E-state index is 0.281. The van der Waals surface area contributed by atoms with Crippen molar-refractivity contribution in [3.05, 3.63) is 0 Å². The van der Waals surface area contributed by atoms with Crippen molar-refractivity contribution in [1.29, 1.82) is 0 Å². The lowest BCUT2D eigenvalue weighted by Crippen LogP contribution is -2.39. The average molecular weight is 185 g/mol. The van der Waals surface area contributed by atoms with Gasteiger partial charge in [0.05, 0.1) is 0 Å². The van der Waals surface area contributed by atoms with Crippen LogP contribution in [0.1, 0.15) is 39.0 Å². The van der Waals surface area contributed by atoms with Crippen LogP contribution >= 0.6 is 0 Å². The van der Waals surface area contributed by atoms with Crippen LogP contribution in [-0.4, -0.2) is 23.7 Å². The molecule has 3 nitrogen and oxygen atoms in total. The summed E-state index contributed by atoms with van der Waals surface area (Å²) in [7, 11) is 0. The van der Waals surface area contributed by atoms with Gasteiger partial charge in [0.2, 0.25) is 0 Å². The van der Waals surface area contributed by atoms with Crippen LogP contribution in [0.15, 0.2) is 0 Å². The molecule has 0 aromatic rings. The molecule has 0 aromatic carbocycles. The Bertz CT molecular complexity index is 166.